The fraction of sp³-hybridized carbons (Fsp3) is 0.0833. The molecule has 1 N–H and O–H groups in total. The molecule has 5 rings (SSSR count). The number of nitrogens with zero attached hydrogens (tertiary/aromatic N) is 3. The molecular formula is C24H17ClN4O2S3. The molecule has 1 aromatic heterocycles. The number of nitrogens with one attached hydrogen (secondary N) is 1. The summed E-state index contributed by atoms with van der Waals surface area (Å²) in [5, 5.41) is 16.2. The highest BCUT2D eigenvalue weighted by Crippen LogP contribution is 2.34. The van der Waals surface area contributed by atoms with Crippen LogP contribution in [0, 0.1) is 5.41 Å². The van der Waals surface area contributed by atoms with Gasteiger partial charge in [-0.3, -0.25) is 10.2 Å². The van der Waals surface area contributed by atoms with Crippen molar-refractivity contribution < 1.29 is 9.21 Å². The lowest BCUT2D eigenvalue weighted by Crippen LogP contribution is -2.35. The predicted molar refractivity (Wildman–Crippen MR) is 142 cm³/mol. The van der Waals surface area contributed by atoms with Crippen molar-refractivity contribution in [2.45, 2.75) is 16.6 Å². The second-order valence-corrected chi connectivity index (χ2v) is 10.8. The Morgan fingerprint density at radius 1 is 1.00 bits per heavy atom. The third kappa shape index (κ3) is 5.33. The molecule has 10 heteroatoms. The number of furan rings is 1. The first-order valence-corrected chi connectivity index (χ1v) is 13.4. The van der Waals surface area contributed by atoms with Gasteiger partial charge in [-0.15, -0.1) is 5.10 Å². The van der Waals surface area contributed by atoms with Crippen LogP contribution in [0.3, 0.4) is 0 Å². The summed E-state index contributed by atoms with van der Waals surface area (Å²) < 4.78 is 6.60. The first-order valence-electron chi connectivity index (χ1n) is 10.2. The van der Waals surface area contributed by atoms with Gasteiger partial charge in [0, 0.05) is 16.5 Å². The van der Waals surface area contributed by atoms with Crippen molar-refractivity contribution in [3.05, 3.63) is 94.2 Å². The zero-order chi connectivity index (χ0) is 23.5. The van der Waals surface area contributed by atoms with E-state index in [4.69, 9.17) is 21.4 Å². The highest BCUT2D eigenvalue weighted by molar-refractivity contribution is 8.45. The average Bonchev–Trinajstić information content (AvgIpc) is 3.47. The minimum Gasteiger partial charge on any atom is -0.450 e. The maximum Gasteiger partial charge on any atom is 0.283 e. The number of thioether (sulfide) groups is 3. The number of amidine groups is 2. The minimum atomic E-state index is -0.472. The van der Waals surface area contributed by atoms with E-state index in [0.717, 1.165) is 26.5 Å². The molecule has 6 nitrogen and oxygen atoms in total. The van der Waals surface area contributed by atoms with Crippen molar-refractivity contribution in [1.29, 1.82) is 5.41 Å². The van der Waals surface area contributed by atoms with Gasteiger partial charge in [-0.2, -0.15) is 10.0 Å². The largest absolute Gasteiger partial charge is 0.450 e. The van der Waals surface area contributed by atoms with E-state index in [1.165, 1.54) is 34.1 Å². The van der Waals surface area contributed by atoms with Gasteiger partial charge in [-0.25, -0.2) is 0 Å². The molecule has 0 saturated carbocycles. The Morgan fingerprint density at radius 3 is 2.53 bits per heavy atom. The molecule has 1 amide bonds. The Balaban J connectivity index is 1.25. The summed E-state index contributed by atoms with van der Waals surface area (Å²) in [6, 6.07) is 21.4. The van der Waals surface area contributed by atoms with Crippen molar-refractivity contribution in [1.82, 2.24) is 5.01 Å². The monoisotopic (exact) mass is 524 g/mol. The van der Waals surface area contributed by atoms with Crippen molar-refractivity contribution in [3.8, 4) is 0 Å². The summed E-state index contributed by atoms with van der Waals surface area (Å²) >= 11 is 10.3. The van der Waals surface area contributed by atoms with E-state index in [0.29, 0.717) is 16.0 Å². The van der Waals surface area contributed by atoms with Crippen LogP contribution >= 0.6 is 46.9 Å². The van der Waals surface area contributed by atoms with Crippen LogP contribution in [0.1, 0.15) is 16.9 Å². The number of halogens is 1. The maximum atomic E-state index is 12.6. The third-order valence-corrected chi connectivity index (χ3v) is 8.17. The molecule has 3 aromatic rings. The van der Waals surface area contributed by atoms with Gasteiger partial charge in [-0.1, -0.05) is 77.6 Å². The van der Waals surface area contributed by atoms with Crippen LogP contribution in [0.15, 0.2) is 91.9 Å². The molecule has 0 unspecified atom stereocenters. The molecule has 0 radical (unpaired) electrons. The highest BCUT2D eigenvalue weighted by Gasteiger charge is 2.36. The van der Waals surface area contributed by atoms with Crippen molar-refractivity contribution in [2.24, 2.45) is 10.1 Å². The summed E-state index contributed by atoms with van der Waals surface area (Å²) in [4.78, 5) is 16.8. The summed E-state index contributed by atoms with van der Waals surface area (Å²) in [6.45, 7) is 0. The van der Waals surface area contributed by atoms with E-state index in [9.17, 15) is 4.79 Å². The van der Waals surface area contributed by atoms with E-state index in [1.807, 2.05) is 48.5 Å². The first-order chi connectivity index (χ1) is 16.5. The summed E-state index contributed by atoms with van der Waals surface area (Å²) in [5.41, 5.74) is 2.45. The zero-order valence-corrected chi connectivity index (χ0v) is 20.8. The van der Waals surface area contributed by atoms with Crippen molar-refractivity contribution >= 4 is 74.2 Å². The number of amides is 1. The molecule has 2 aromatic carbocycles. The molecule has 0 fully saturated rings. The van der Waals surface area contributed by atoms with E-state index in [-0.39, 0.29) is 11.4 Å². The number of rotatable bonds is 6. The van der Waals surface area contributed by atoms with Crippen molar-refractivity contribution in [2.75, 3.05) is 0 Å². The highest BCUT2D eigenvalue weighted by atomic mass is 35.5. The van der Waals surface area contributed by atoms with Gasteiger partial charge >= 0.3 is 0 Å². The summed E-state index contributed by atoms with van der Waals surface area (Å²) in [7, 11) is 0. The van der Waals surface area contributed by atoms with Gasteiger partial charge in [0.15, 0.2) is 15.3 Å². The zero-order valence-electron chi connectivity index (χ0n) is 17.6. The topological polar surface area (TPSA) is 82.0 Å². The fourth-order valence-electron chi connectivity index (χ4n) is 3.12. The third-order valence-electron chi connectivity index (χ3n) is 4.82. The van der Waals surface area contributed by atoms with E-state index < -0.39 is 5.91 Å². The number of carbonyl (C=O) groups is 1. The number of fused-ring (bicyclic) bond motifs is 1. The van der Waals surface area contributed by atoms with Crippen LogP contribution in [0.4, 0.5) is 0 Å². The number of hydrazone groups is 1. The normalized spacial score (nSPS) is 16.6. The number of hydrogen-bond donors (Lipinski definition) is 1. The second kappa shape index (κ2) is 10.3. The van der Waals surface area contributed by atoms with Gasteiger partial charge in [0.05, 0.1) is 5.57 Å². The number of benzene rings is 2. The molecule has 0 atom stereocenters. The molecule has 2 aliphatic rings. The van der Waals surface area contributed by atoms with E-state index in [2.05, 4.69) is 22.2 Å². The Hall–Kier alpha value is -2.72. The standard InChI is InChI=1S/C24H17ClN4O2S3/c25-17-8-6-16(7-9-17)13-32-20-11-10-18(31-20)12-19-21(26)29-23(27-22(19)30)34-24(28-29)33-14-15-4-2-1-3-5-15/h1-12,26H,13-14H2/b19-12+,26-21?. The van der Waals surface area contributed by atoms with Crippen LogP contribution < -0.4 is 0 Å². The van der Waals surface area contributed by atoms with E-state index in [1.54, 1.807) is 23.9 Å². The minimum absolute atomic E-state index is 0.00965. The van der Waals surface area contributed by atoms with Crippen LogP contribution in [0.2, 0.25) is 5.02 Å². The smallest absolute Gasteiger partial charge is 0.283 e. The van der Waals surface area contributed by atoms with Crippen LogP contribution in [0.25, 0.3) is 6.08 Å². The molecule has 0 saturated heterocycles. The first kappa shape index (κ1) is 23.0. The molecule has 170 valence electrons. The van der Waals surface area contributed by atoms with Gasteiger partial charge in [0.25, 0.3) is 5.91 Å². The fourth-order valence-corrected chi connectivity index (χ4v) is 5.95. The van der Waals surface area contributed by atoms with Gasteiger partial charge in [0.2, 0.25) is 5.17 Å². The quantitative estimate of drug-likeness (QED) is 0.284. The van der Waals surface area contributed by atoms with Gasteiger partial charge < -0.3 is 4.42 Å². The van der Waals surface area contributed by atoms with E-state index >= 15 is 0 Å². The lowest BCUT2D eigenvalue weighted by Gasteiger charge is -2.19. The Kier molecular flexibility index (Phi) is 6.96. The average molecular weight is 525 g/mol. The Labute approximate surface area is 214 Å². The SMILES string of the molecule is N=C1/C(=C\c2ccc(SCc3ccc(Cl)cc3)o2)C(=O)N=C2SC(SCc3ccccc3)=NN12. The molecule has 0 aliphatic carbocycles. The summed E-state index contributed by atoms with van der Waals surface area (Å²) in [6.07, 6.45) is 1.55. The predicted octanol–water partition coefficient (Wildman–Crippen LogP) is 6.74. The van der Waals surface area contributed by atoms with Crippen LogP contribution in [-0.2, 0) is 16.3 Å². The number of hydrogen-bond acceptors (Lipinski definition) is 7. The second-order valence-electron chi connectivity index (χ2n) is 7.23. The lowest BCUT2D eigenvalue weighted by atomic mass is 10.1. The van der Waals surface area contributed by atoms with Crippen LogP contribution in [-0.4, -0.2) is 26.3 Å². The maximum absolute atomic E-state index is 12.6. The molecule has 2 aliphatic heterocycles. The number of carbonyl (C=O) groups excluding carboxylic acids is 1. The van der Waals surface area contributed by atoms with Gasteiger partial charge in [-0.05, 0) is 53.2 Å². The molecule has 34 heavy (non-hydrogen) atoms. The van der Waals surface area contributed by atoms with Crippen LogP contribution in [0.5, 0.6) is 0 Å². The Bertz CT molecular complexity index is 1330. The molecule has 0 spiro atoms. The van der Waals surface area contributed by atoms with Gasteiger partial charge in [0.1, 0.15) is 5.76 Å². The van der Waals surface area contributed by atoms with Crippen molar-refractivity contribution in [3.63, 3.8) is 0 Å². The molecular weight excluding hydrogens is 508 g/mol. The summed E-state index contributed by atoms with van der Waals surface area (Å²) in [5.74, 6) is 1.48. The molecule has 3 heterocycles. The Morgan fingerprint density at radius 2 is 1.74 bits per heavy atom. The molecule has 0 bridgehead atoms. The lowest BCUT2D eigenvalue weighted by molar-refractivity contribution is -0.114. The number of aliphatic imine (C=N–C) groups is 1.